The van der Waals surface area contributed by atoms with Crippen LogP contribution in [0.2, 0.25) is 0 Å². The number of amides is 1. The third-order valence-corrected chi connectivity index (χ3v) is 2.88. The third-order valence-electron chi connectivity index (χ3n) is 2.79. The first-order valence-electron chi connectivity index (χ1n) is 5.72. The maximum atomic E-state index is 10.9. The summed E-state index contributed by atoms with van der Waals surface area (Å²) in [6, 6.07) is 0.125. The number of nitrogens with one attached hydrogen (secondary N) is 2. The molecular formula is C11H14ClN5O2. The fourth-order valence-electron chi connectivity index (χ4n) is 1.94. The topological polar surface area (TPSA) is 113 Å². The number of aromatic nitrogens is 2. The fraction of sp³-hybridized carbons (Fsp3) is 0.364. The molecule has 0 aliphatic heterocycles. The number of aliphatic hydroxyl groups is 1. The summed E-state index contributed by atoms with van der Waals surface area (Å²) in [5, 5.41) is 13.9. The van der Waals surface area contributed by atoms with Crippen molar-refractivity contribution in [1.29, 1.82) is 0 Å². The van der Waals surface area contributed by atoms with E-state index in [4.69, 9.17) is 22.4 Å². The molecule has 2 rings (SSSR count). The van der Waals surface area contributed by atoms with Gasteiger partial charge in [0, 0.05) is 6.04 Å². The van der Waals surface area contributed by atoms with Gasteiger partial charge in [0.2, 0.25) is 5.95 Å². The van der Waals surface area contributed by atoms with E-state index in [1.807, 2.05) is 6.08 Å². The predicted molar refractivity (Wildman–Crippen MR) is 73.1 cm³/mol. The number of nitrogen functional groups attached to an aromatic ring is 1. The number of aliphatic hydroxyl groups excluding tert-OH is 1. The van der Waals surface area contributed by atoms with Crippen molar-refractivity contribution in [2.45, 2.75) is 18.9 Å². The van der Waals surface area contributed by atoms with Crippen LogP contribution in [-0.4, -0.2) is 33.1 Å². The van der Waals surface area contributed by atoms with Crippen molar-refractivity contribution in [2.24, 2.45) is 0 Å². The van der Waals surface area contributed by atoms with Crippen LogP contribution in [0.4, 0.5) is 22.2 Å². The number of anilines is 3. The van der Waals surface area contributed by atoms with Crippen LogP contribution < -0.4 is 16.4 Å². The first kappa shape index (κ1) is 13.6. The zero-order valence-corrected chi connectivity index (χ0v) is 10.8. The molecule has 1 atom stereocenters. The summed E-state index contributed by atoms with van der Waals surface area (Å²) in [5.74, 6) is 0.288. The summed E-state index contributed by atoms with van der Waals surface area (Å²) in [6.45, 7) is 0.0572. The van der Waals surface area contributed by atoms with Gasteiger partial charge in [-0.3, -0.25) is 10.1 Å². The average molecular weight is 284 g/mol. The van der Waals surface area contributed by atoms with Gasteiger partial charge in [0.05, 0.1) is 18.5 Å². The highest BCUT2D eigenvalue weighted by Gasteiger charge is 2.18. The first-order chi connectivity index (χ1) is 9.08. The summed E-state index contributed by atoms with van der Waals surface area (Å²) in [5.41, 5.74) is 6.99. The number of carbonyl (C=O) groups excluding carboxylic acids is 1. The van der Waals surface area contributed by atoms with Crippen molar-refractivity contribution in [3.63, 3.8) is 0 Å². The van der Waals surface area contributed by atoms with Crippen LogP contribution in [0.15, 0.2) is 17.8 Å². The molecule has 0 aromatic carbocycles. The molecule has 0 saturated heterocycles. The lowest BCUT2D eigenvalue weighted by atomic mass is 10.2. The molecule has 19 heavy (non-hydrogen) atoms. The van der Waals surface area contributed by atoms with Gasteiger partial charge in [-0.05, 0) is 30.0 Å². The standard InChI is InChI=1S/C11H14ClN5O2/c12-10(19)16-9-8(4-14-11(13)17-9)15-7-2-1-6(3-7)5-18/h1,4,7,15,18H,2-3,5H2,(H3,13,14,16,17,19)/t7-/m1/s1. The van der Waals surface area contributed by atoms with Gasteiger partial charge in [-0.15, -0.1) is 0 Å². The highest BCUT2D eigenvalue weighted by molar-refractivity contribution is 6.65. The maximum absolute atomic E-state index is 10.9. The summed E-state index contributed by atoms with van der Waals surface area (Å²) in [7, 11) is 0. The maximum Gasteiger partial charge on any atom is 0.319 e. The Morgan fingerprint density at radius 1 is 1.63 bits per heavy atom. The van der Waals surface area contributed by atoms with Crippen LogP contribution in [0.1, 0.15) is 12.8 Å². The number of nitrogens with zero attached hydrogens (tertiary/aromatic N) is 2. The van der Waals surface area contributed by atoms with Gasteiger partial charge >= 0.3 is 5.37 Å². The molecule has 1 heterocycles. The fourth-order valence-corrected chi connectivity index (χ4v) is 2.03. The Morgan fingerprint density at radius 2 is 2.42 bits per heavy atom. The Hall–Kier alpha value is -1.86. The van der Waals surface area contributed by atoms with E-state index in [9.17, 15) is 4.79 Å². The van der Waals surface area contributed by atoms with Gasteiger partial charge in [0.25, 0.3) is 0 Å². The highest BCUT2D eigenvalue weighted by Crippen LogP contribution is 2.26. The lowest BCUT2D eigenvalue weighted by Crippen LogP contribution is -2.19. The molecule has 0 bridgehead atoms. The molecular weight excluding hydrogens is 270 g/mol. The second-order valence-electron chi connectivity index (χ2n) is 4.19. The minimum absolute atomic E-state index is 0.0477. The first-order valence-corrected chi connectivity index (χ1v) is 6.10. The van der Waals surface area contributed by atoms with Crippen LogP contribution in [0.5, 0.6) is 0 Å². The predicted octanol–water partition coefficient (Wildman–Crippen LogP) is 1.32. The molecule has 0 radical (unpaired) electrons. The summed E-state index contributed by atoms with van der Waals surface area (Å²) < 4.78 is 0. The molecule has 0 saturated carbocycles. The molecule has 7 nitrogen and oxygen atoms in total. The quantitative estimate of drug-likeness (QED) is 0.376. The molecule has 1 aliphatic rings. The normalized spacial score (nSPS) is 18.0. The molecule has 0 spiro atoms. The van der Waals surface area contributed by atoms with Gasteiger partial charge in [-0.25, -0.2) is 4.98 Å². The van der Waals surface area contributed by atoms with Gasteiger partial charge < -0.3 is 16.2 Å². The van der Waals surface area contributed by atoms with Crippen molar-refractivity contribution in [2.75, 3.05) is 23.0 Å². The van der Waals surface area contributed by atoms with Crippen LogP contribution in [0.3, 0.4) is 0 Å². The number of halogens is 1. The third kappa shape index (κ3) is 3.55. The van der Waals surface area contributed by atoms with Crippen molar-refractivity contribution >= 4 is 34.4 Å². The summed E-state index contributed by atoms with van der Waals surface area (Å²) in [4.78, 5) is 18.7. The van der Waals surface area contributed by atoms with E-state index in [1.165, 1.54) is 6.20 Å². The molecule has 1 aromatic heterocycles. The smallest absolute Gasteiger partial charge is 0.319 e. The molecule has 1 amide bonds. The van der Waals surface area contributed by atoms with Crippen LogP contribution >= 0.6 is 11.6 Å². The Bertz CT molecular complexity index is 520. The SMILES string of the molecule is Nc1ncc(N[C@@H]2CC=C(CO)C2)c(NC(=O)Cl)n1. The van der Waals surface area contributed by atoms with E-state index < -0.39 is 5.37 Å². The van der Waals surface area contributed by atoms with E-state index >= 15 is 0 Å². The van der Waals surface area contributed by atoms with Gasteiger partial charge in [0.1, 0.15) is 0 Å². The number of hydrogen-bond donors (Lipinski definition) is 4. The monoisotopic (exact) mass is 283 g/mol. The largest absolute Gasteiger partial charge is 0.392 e. The molecule has 1 aromatic rings. The van der Waals surface area contributed by atoms with E-state index in [1.54, 1.807) is 0 Å². The van der Waals surface area contributed by atoms with Crippen LogP contribution in [-0.2, 0) is 0 Å². The Kier molecular flexibility index (Phi) is 4.18. The van der Waals surface area contributed by atoms with Gasteiger partial charge in [0.15, 0.2) is 5.82 Å². The van der Waals surface area contributed by atoms with E-state index in [0.29, 0.717) is 5.69 Å². The van der Waals surface area contributed by atoms with E-state index in [0.717, 1.165) is 18.4 Å². The molecule has 8 heteroatoms. The van der Waals surface area contributed by atoms with E-state index in [-0.39, 0.29) is 24.4 Å². The van der Waals surface area contributed by atoms with Crippen molar-refractivity contribution < 1.29 is 9.90 Å². The second kappa shape index (κ2) is 5.85. The Morgan fingerprint density at radius 3 is 3.05 bits per heavy atom. The lowest BCUT2D eigenvalue weighted by Gasteiger charge is -2.16. The zero-order valence-electron chi connectivity index (χ0n) is 10.1. The molecule has 0 unspecified atom stereocenters. The highest BCUT2D eigenvalue weighted by atomic mass is 35.5. The molecule has 1 aliphatic carbocycles. The number of nitrogens with two attached hydrogens (primary N) is 1. The second-order valence-corrected chi connectivity index (χ2v) is 4.53. The number of rotatable bonds is 4. The van der Waals surface area contributed by atoms with Crippen molar-refractivity contribution in [3.8, 4) is 0 Å². The number of carbonyl (C=O) groups is 1. The van der Waals surface area contributed by atoms with E-state index in [2.05, 4.69) is 20.6 Å². The number of hydrogen-bond acceptors (Lipinski definition) is 6. The summed E-state index contributed by atoms with van der Waals surface area (Å²) in [6.07, 6.45) is 4.99. The minimum atomic E-state index is -0.748. The molecule has 102 valence electrons. The average Bonchev–Trinajstić information content (AvgIpc) is 2.80. The minimum Gasteiger partial charge on any atom is -0.392 e. The lowest BCUT2D eigenvalue weighted by molar-refractivity contribution is 0.269. The Balaban J connectivity index is 2.10. The molecule has 5 N–H and O–H groups in total. The van der Waals surface area contributed by atoms with Crippen LogP contribution in [0, 0.1) is 0 Å². The zero-order chi connectivity index (χ0) is 13.8. The van der Waals surface area contributed by atoms with Crippen molar-refractivity contribution in [1.82, 2.24) is 9.97 Å². The van der Waals surface area contributed by atoms with Crippen molar-refractivity contribution in [3.05, 3.63) is 17.8 Å². The van der Waals surface area contributed by atoms with Gasteiger partial charge in [-0.1, -0.05) is 6.08 Å². The van der Waals surface area contributed by atoms with Crippen LogP contribution in [0.25, 0.3) is 0 Å². The van der Waals surface area contributed by atoms with Gasteiger partial charge in [-0.2, -0.15) is 4.98 Å². The summed E-state index contributed by atoms with van der Waals surface area (Å²) >= 11 is 5.28. The molecule has 0 fully saturated rings. The Labute approximate surface area is 114 Å².